The van der Waals surface area contributed by atoms with Crippen molar-refractivity contribution in [1.29, 1.82) is 0 Å². The zero-order valence-corrected chi connectivity index (χ0v) is 15.4. The second-order valence-corrected chi connectivity index (χ2v) is 6.57. The summed E-state index contributed by atoms with van der Waals surface area (Å²) in [6, 6.07) is 12.0. The monoisotopic (exact) mass is 354 g/mol. The summed E-state index contributed by atoms with van der Waals surface area (Å²) < 4.78 is 7.65. The molecular formula is C19H22N4OS. The Bertz CT molecular complexity index is 787. The molecule has 130 valence electrons. The Balaban J connectivity index is 1.99. The molecule has 1 aromatic carbocycles. The molecule has 0 aliphatic heterocycles. The molecule has 5 nitrogen and oxygen atoms in total. The van der Waals surface area contributed by atoms with Gasteiger partial charge in [0.05, 0.1) is 6.61 Å². The van der Waals surface area contributed by atoms with Crippen molar-refractivity contribution in [1.82, 2.24) is 19.7 Å². The fraction of sp³-hybridized carbons (Fsp3) is 0.316. The summed E-state index contributed by atoms with van der Waals surface area (Å²) in [5.74, 6) is 2.72. The van der Waals surface area contributed by atoms with E-state index in [9.17, 15) is 0 Å². The molecule has 25 heavy (non-hydrogen) atoms. The number of unbranched alkanes of at least 4 members (excludes halogenated alkanes) is 1. The van der Waals surface area contributed by atoms with E-state index in [4.69, 9.17) is 4.74 Å². The highest BCUT2D eigenvalue weighted by atomic mass is 32.2. The largest absolute Gasteiger partial charge is 0.494 e. The molecule has 0 amide bonds. The number of benzene rings is 1. The van der Waals surface area contributed by atoms with Crippen LogP contribution in [0.2, 0.25) is 0 Å². The fourth-order valence-electron chi connectivity index (χ4n) is 2.45. The Labute approximate surface area is 152 Å². The molecule has 0 bridgehead atoms. The molecular weight excluding hydrogens is 332 g/mol. The normalized spacial score (nSPS) is 10.8. The number of hydrogen-bond acceptors (Lipinski definition) is 5. The van der Waals surface area contributed by atoms with Gasteiger partial charge in [-0.15, -0.1) is 10.2 Å². The molecule has 0 spiro atoms. The van der Waals surface area contributed by atoms with Crippen molar-refractivity contribution >= 4 is 11.8 Å². The lowest BCUT2D eigenvalue weighted by atomic mass is 10.2. The van der Waals surface area contributed by atoms with E-state index in [2.05, 4.69) is 26.7 Å². The highest BCUT2D eigenvalue weighted by Gasteiger charge is 2.16. The first kappa shape index (κ1) is 17.5. The van der Waals surface area contributed by atoms with Crippen LogP contribution in [0.25, 0.3) is 17.1 Å². The van der Waals surface area contributed by atoms with Crippen LogP contribution in [-0.2, 0) is 0 Å². The minimum atomic E-state index is 0.659. The first-order valence-electron chi connectivity index (χ1n) is 8.55. The number of pyridine rings is 1. The first-order valence-corrected chi connectivity index (χ1v) is 9.54. The van der Waals surface area contributed by atoms with Crippen LogP contribution < -0.4 is 4.74 Å². The number of nitrogens with zero attached hydrogens (tertiary/aromatic N) is 4. The molecule has 0 fully saturated rings. The van der Waals surface area contributed by atoms with Crippen molar-refractivity contribution < 1.29 is 4.74 Å². The van der Waals surface area contributed by atoms with Gasteiger partial charge in [-0.2, -0.15) is 0 Å². The summed E-state index contributed by atoms with van der Waals surface area (Å²) in [6.45, 7) is 4.84. The first-order chi connectivity index (χ1) is 12.3. The van der Waals surface area contributed by atoms with Gasteiger partial charge in [-0.1, -0.05) is 25.1 Å². The van der Waals surface area contributed by atoms with Crippen LogP contribution in [0.3, 0.4) is 0 Å². The maximum absolute atomic E-state index is 5.55. The van der Waals surface area contributed by atoms with Crippen LogP contribution in [-0.4, -0.2) is 32.1 Å². The minimum Gasteiger partial charge on any atom is -0.494 e. The van der Waals surface area contributed by atoms with E-state index < -0.39 is 0 Å². The van der Waals surface area contributed by atoms with Crippen LogP contribution >= 0.6 is 11.8 Å². The van der Waals surface area contributed by atoms with Crippen molar-refractivity contribution in [3.63, 3.8) is 0 Å². The van der Waals surface area contributed by atoms with Gasteiger partial charge in [0.2, 0.25) is 0 Å². The Kier molecular flexibility index (Phi) is 6.06. The summed E-state index contributed by atoms with van der Waals surface area (Å²) in [7, 11) is 0. The topological polar surface area (TPSA) is 52.8 Å². The predicted octanol–water partition coefficient (Wildman–Crippen LogP) is 4.62. The minimum absolute atomic E-state index is 0.659. The molecule has 3 aromatic rings. The lowest BCUT2D eigenvalue weighted by Crippen LogP contribution is -2.00. The van der Waals surface area contributed by atoms with E-state index in [1.807, 2.05) is 43.3 Å². The van der Waals surface area contributed by atoms with Gasteiger partial charge in [-0.05, 0) is 49.7 Å². The molecule has 2 aromatic heterocycles. The van der Waals surface area contributed by atoms with Crippen molar-refractivity contribution in [3.8, 4) is 22.8 Å². The maximum atomic E-state index is 5.55. The molecule has 2 heterocycles. The second-order valence-electron chi connectivity index (χ2n) is 5.51. The lowest BCUT2D eigenvalue weighted by Gasteiger charge is -2.11. The zero-order valence-electron chi connectivity index (χ0n) is 14.6. The third-order valence-corrected chi connectivity index (χ3v) is 4.72. The SMILES string of the molecule is CCCCSc1nnc(-c2ccncc2)n1-c1ccc(OCC)cc1. The van der Waals surface area contributed by atoms with E-state index in [1.165, 1.54) is 6.42 Å². The molecule has 0 radical (unpaired) electrons. The standard InChI is InChI=1S/C19H22N4OS/c1-3-5-14-25-19-22-21-18(15-10-12-20-13-11-15)23(19)16-6-8-17(9-7-16)24-4-2/h6-13H,3-5,14H2,1-2H3. The summed E-state index contributed by atoms with van der Waals surface area (Å²) in [4.78, 5) is 4.09. The highest BCUT2D eigenvalue weighted by Crippen LogP contribution is 2.29. The summed E-state index contributed by atoms with van der Waals surface area (Å²) >= 11 is 1.74. The van der Waals surface area contributed by atoms with Crippen molar-refractivity contribution in [3.05, 3.63) is 48.8 Å². The Hall–Kier alpha value is -2.34. The molecule has 0 unspecified atom stereocenters. The molecule has 6 heteroatoms. The highest BCUT2D eigenvalue weighted by molar-refractivity contribution is 7.99. The summed E-state index contributed by atoms with van der Waals surface area (Å²) in [6.07, 6.45) is 5.87. The van der Waals surface area contributed by atoms with E-state index in [-0.39, 0.29) is 0 Å². The van der Waals surface area contributed by atoms with E-state index in [0.29, 0.717) is 6.61 Å². The summed E-state index contributed by atoms with van der Waals surface area (Å²) in [5, 5.41) is 9.76. The van der Waals surface area contributed by atoms with Gasteiger partial charge < -0.3 is 4.74 Å². The predicted molar refractivity (Wildman–Crippen MR) is 101 cm³/mol. The molecule has 0 atom stereocenters. The number of hydrogen-bond donors (Lipinski definition) is 0. The smallest absolute Gasteiger partial charge is 0.196 e. The van der Waals surface area contributed by atoms with Crippen molar-refractivity contribution in [2.24, 2.45) is 0 Å². The van der Waals surface area contributed by atoms with E-state index >= 15 is 0 Å². The Morgan fingerprint density at radius 3 is 2.44 bits per heavy atom. The average molecular weight is 354 g/mol. The fourth-order valence-corrected chi connectivity index (χ4v) is 3.49. The number of ether oxygens (including phenoxy) is 1. The molecule has 0 N–H and O–H groups in total. The number of rotatable bonds is 8. The Morgan fingerprint density at radius 2 is 1.76 bits per heavy atom. The van der Waals surface area contributed by atoms with E-state index in [1.54, 1.807) is 24.2 Å². The Morgan fingerprint density at radius 1 is 1.00 bits per heavy atom. The van der Waals surface area contributed by atoms with Crippen molar-refractivity contribution in [2.75, 3.05) is 12.4 Å². The molecule has 0 saturated carbocycles. The van der Waals surface area contributed by atoms with Crippen molar-refractivity contribution in [2.45, 2.75) is 31.8 Å². The third kappa shape index (κ3) is 4.20. The number of thioether (sulfide) groups is 1. The molecule has 3 rings (SSSR count). The lowest BCUT2D eigenvalue weighted by molar-refractivity contribution is 0.340. The molecule has 0 saturated heterocycles. The second kappa shape index (κ2) is 8.67. The molecule has 0 aliphatic rings. The van der Waals surface area contributed by atoms with Gasteiger partial charge in [0, 0.05) is 29.4 Å². The van der Waals surface area contributed by atoms with Gasteiger partial charge in [-0.25, -0.2) is 0 Å². The average Bonchev–Trinajstić information content (AvgIpc) is 3.07. The van der Waals surface area contributed by atoms with Crippen LogP contribution in [0.15, 0.2) is 53.9 Å². The summed E-state index contributed by atoms with van der Waals surface area (Å²) in [5.41, 5.74) is 2.03. The third-order valence-electron chi connectivity index (χ3n) is 3.71. The van der Waals surface area contributed by atoms with Gasteiger partial charge in [-0.3, -0.25) is 9.55 Å². The van der Waals surface area contributed by atoms with Gasteiger partial charge in [0.1, 0.15) is 5.75 Å². The zero-order chi connectivity index (χ0) is 17.5. The number of aromatic nitrogens is 4. The van der Waals surface area contributed by atoms with Gasteiger partial charge in [0.25, 0.3) is 0 Å². The van der Waals surface area contributed by atoms with E-state index in [0.717, 1.165) is 40.2 Å². The van der Waals surface area contributed by atoms with Crippen LogP contribution in [0.1, 0.15) is 26.7 Å². The maximum Gasteiger partial charge on any atom is 0.196 e. The van der Waals surface area contributed by atoms with Crippen LogP contribution in [0.4, 0.5) is 0 Å². The van der Waals surface area contributed by atoms with Crippen LogP contribution in [0, 0.1) is 0 Å². The quantitative estimate of drug-likeness (QED) is 0.436. The van der Waals surface area contributed by atoms with Gasteiger partial charge >= 0.3 is 0 Å². The van der Waals surface area contributed by atoms with Crippen LogP contribution in [0.5, 0.6) is 5.75 Å². The molecule has 0 aliphatic carbocycles. The van der Waals surface area contributed by atoms with Gasteiger partial charge in [0.15, 0.2) is 11.0 Å².